The molecule has 0 saturated carbocycles. The largest absolute Gasteiger partial charge is 0.421 e. The number of carbonyl (C=O) groups excluding carboxylic acids is 2. The van der Waals surface area contributed by atoms with Crippen molar-refractivity contribution < 1.29 is 14.0 Å². The molecule has 1 aliphatic rings. The minimum Gasteiger partial charge on any atom is -0.421 e. The fraction of sp³-hybridized carbons (Fsp3) is 0.360. The predicted molar refractivity (Wildman–Crippen MR) is 126 cm³/mol. The number of rotatable bonds is 2. The van der Waals surface area contributed by atoms with Gasteiger partial charge in [0.1, 0.15) is 0 Å². The van der Waals surface area contributed by atoms with Gasteiger partial charge in [0, 0.05) is 56.8 Å². The van der Waals surface area contributed by atoms with E-state index in [0.29, 0.717) is 37.0 Å². The molecule has 0 bridgehead atoms. The molecular formula is C25H29N5O3. The second kappa shape index (κ2) is 9.95. The molecule has 2 amide bonds. The molecule has 33 heavy (non-hydrogen) atoms. The van der Waals surface area contributed by atoms with Crippen LogP contribution in [0, 0.1) is 6.92 Å². The van der Waals surface area contributed by atoms with E-state index >= 15 is 0 Å². The van der Waals surface area contributed by atoms with Gasteiger partial charge in [0.25, 0.3) is 5.91 Å². The van der Waals surface area contributed by atoms with Gasteiger partial charge in [-0.25, -0.2) is 0 Å². The summed E-state index contributed by atoms with van der Waals surface area (Å²) >= 11 is 0. The SMILES string of the molecule is CC(=O)N1CCCN(C)CCN(C(=O)c2ccc(-c3nnc(C)o3)cc2)Cc2ccccc21. The number of nitrogens with zero attached hydrogens (tertiary/aromatic N) is 5. The Hall–Kier alpha value is -3.52. The van der Waals surface area contributed by atoms with E-state index in [1.54, 1.807) is 26.0 Å². The highest BCUT2D eigenvalue weighted by Crippen LogP contribution is 2.25. The highest BCUT2D eigenvalue weighted by atomic mass is 16.4. The third kappa shape index (κ3) is 5.28. The number of aryl methyl sites for hydroxylation is 1. The lowest BCUT2D eigenvalue weighted by molar-refractivity contribution is -0.116. The van der Waals surface area contributed by atoms with Crippen LogP contribution in [0.4, 0.5) is 5.69 Å². The summed E-state index contributed by atoms with van der Waals surface area (Å²) < 4.78 is 5.48. The molecule has 1 aliphatic heterocycles. The van der Waals surface area contributed by atoms with Gasteiger partial charge in [-0.1, -0.05) is 18.2 Å². The van der Waals surface area contributed by atoms with Gasteiger partial charge in [0.2, 0.25) is 17.7 Å². The third-order valence-corrected chi connectivity index (χ3v) is 5.89. The Morgan fingerprint density at radius 2 is 1.70 bits per heavy atom. The number of carbonyl (C=O) groups is 2. The molecule has 0 spiro atoms. The molecule has 1 aromatic heterocycles. The molecule has 0 radical (unpaired) electrons. The zero-order valence-electron chi connectivity index (χ0n) is 19.3. The highest BCUT2D eigenvalue weighted by Gasteiger charge is 2.22. The second-order valence-corrected chi connectivity index (χ2v) is 8.39. The van der Waals surface area contributed by atoms with Gasteiger partial charge >= 0.3 is 0 Å². The molecule has 0 fully saturated rings. The van der Waals surface area contributed by atoms with Crippen LogP contribution in [0.15, 0.2) is 52.9 Å². The zero-order chi connectivity index (χ0) is 23.4. The average Bonchev–Trinajstić information content (AvgIpc) is 3.24. The van der Waals surface area contributed by atoms with E-state index in [9.17, 15) is 9.59 Å². The fourth-order valence-electron chi connectivity index (χ4n) is 4.07. The van der Waals surface area contributed by atoms with Crippen LogP contribution in [0.5, 0.6) is 0 Å². The van der Waals surface area contributed by atoms with Gasteiger partial charge in [0.15, 0.2) is 0 Å². The van der Waals surface area contributed by atoms with E-state index in [2.05, 4.69) is 15.1 Å². The molecule has 0 atom stereocenters. The van der Waals surface area contributed by atoms with Crippen LogP contribution in [-0.2, 0) is 11.3 Å². The molecular weight excluding hydrogens is 418 g/mol. The van der Waals surface area contributed by atoms with Crippen LogP contribution in [-0.4, -0.2) is 65.0 Å². The lowest BCUT2D eigenvalue weighted by Crippen LogP contribution is -2.37. The maximum atomic E-state index is 13.5. The number of likely N-dealkylation sites (N-methyl/N-ethyl adjacent to an activating group) is 1. The Kier molecular flexibility index (Phi) is 6.84. The van der Waals surface area contributed by atoms with Crippen LogP contribution in [0.1, 0.15) is 35.2 Å². The smallest absolute Gasteiger partial charge is 0.254 e. The van der Waals surface area contributed by atoms with Gasteiger partial charge in [-0.2, -0.15) is 0 Å². The van der Waals surface area contributed by atoms with Crippen LogP contribution in [0.25, 0.3) is 11.5 Å². The molecule has 0 aliphatic carbocycles. The minimum absolute atomic E-state index is 0.00841. The van der Waals surface area contributed by atoms with E-state index in [-0.39, 0.29) is 11.8 Å². The zero-order valence-corrected chi connectivity index (χ0v) is 19.3. The van der Waals surface area contributed by atoms with Gasteiger partial charge in [-0.05, 0) is 55.9 Å². The number of hydrogen-bond acceptors (Lipinski definition) is 6. The van der Waals surface area contributed by atoms with E-state index in [1.807, 2.05) is 53.2 Å². The first-order valence-electron chi connectivity index (χ1n) is 11.2. The third-order valence-electron chi connectivity index (χ3n) is 5.89. The standard InChI is InChI=1S/C25H29N5O3/c1-18-26-27-24(33-18)20-9-11-21(12-10-20)25(32)29-16-15-28(3)13-6-14-30(19(2)31)23-8-5-4-7-22(23)17-29/h4-5,7-12H,6,13-17H2,1-3H3. The number of fused-ring (bicyclic) bond motifs is 1. The van der Waals surface area contributed by atoms with Gasteiger partial charge < -0.3 is 19.1 Å². The Bertz CT molecular complexity index is 1130. The van der Waals surface area contributed by atoms with Gasteiger partial charge in [-0.3, -0.25) is 9.59 Å². The molecule has 2 aromatic carbocycles. The molecule has 0 saturated heterocycles. The molecule has 2 heterocycles. The summed E-state index contributed by atoms with van der Waals surface area (Å²) in [4.78, 5) is 31.8. The van der Waals surface area contributed by atoms with Crippen molar-refractivity contribution in [2.45, 2.75) is 26.8 Å². The fourth-order valence-corrected chi connectivity index (χ4v) is 4.07. The van der Waals surface area contributed by atoms with E-state index in [4.69, 9.17) is 4.42 Å². The van der Waals surface area contributed by atoms with E-state index < -0.39 is 0 Å². The lowest BCUT2D eigenvalue weighted by Gasteiger charge is -2.27. The Labute approximate surface area is 193 Å². The molecule has 0 unspecified atom stereocenters. The first-order chi connectivity index (χ1) is 15.9. The Morgan fingerprint density at radius 3 is 2.39 bits per heavy atom. The van der Waals surface area contributed by atoms with Crippen molar-refractivity contribution in [3.63, 3.8) is 0 Å². The van der Waals surface area contributed by atoms with Crippen LogP contribution in [0.3, 0.4) is 0 Å². The summed E-state index contributed by atoms with van der Waals surface area (Å²) in [5, 5.41) is 7.90. The molecule has 172 valence electrons. The second-order valence-electron chi connectivity index (χ2n) is 8.39. The monoisotopic (exact) mass is 447 g/mol. The quantitative estimate of drug-likeness (QED) is 0.599. The first-order valence-corrected chi connectivity index (χ1v) is 11.2. The van der Waals surface area contributed by atoms with Crippen LogP contribution >= 0.6 is 0 Å². The van der Waals surface area contributed by atoms with E-state index in [0.717, 1.165) is 36.3 Å². The van der Waals surface area contributed by atoms with Crippen molar-refractivity contribution in [2.75, 3.05) is 38.1 Å². The van der Waals surface area contributed by atoms with Crippen molar-refractivity contribution in [1.82, 2.24) is 20.0 Å². The normalized spacial score (nSPS) is 15.6. The van der Waals surface area contributed by atoms with Gasteiger partial charge in [-0.15, -0.1) is 10.2 Å². The number of anilines is 1. The number of hydrogen-bond donors (Lipinski definition) is 0. The molecule has 3 aromatic rings. The summed E-state index contributed by atoms with van der Waals surface area (Å²) in [6.07, 6.45) is 0.870. The van der Waals surface area contributed by atoms with Crippen molar-refractivity contribution in [3.05, 3.63) is 65.5 Å². The summed E-state index contributed by atoms with van der Waals surface area (Å²) in [6.45, 7) is 6.62. The number of benzene rings is 2. The summed E-state index contributed by atoms with van der Waals surface area (Å²) in [5.74, 6) is 0.881. The number of amides is 2. The minimum atomic E-state index is -0.0555. The average molecular weight is 448 g/mol. The predicted octanol–water partition coefficient (Wildman–Crippen LogP) is 3.38. The number of para-hydroxylation sites is 1. The molecule has 4 rings (SSSR count). The first kappa shape index (κ1) is 22.7. The van der Waals surface area contributed by atoms with Gasteiger partial charge in [0.05, 0.1) is 0 Å². The van der Waals surface area contributed by atoms with Crippen molar-refractivity contribution >= 4 is 17.5 Å². The van der Waals surface area contributed by atoms with E-state index in [1.165, 1.54) is 0 Å². The molecule has 0 N–H and O–H groups in total. The highest BCUT2D eigenvalue weighted by molar-refractivity contribution is 5.95. The lowest BCUT2D eigenvalue weighted by atomic mass is 10.1. The van der Waals surface area contributed by atoms with Crippen molar-refractivity contribution in [1.29, 1.82) is 0 Å². The number of aromatic nitrogens is 2. The Balaban J connectivity index is 1.62. The maximum absolute atomic E-state index is 13.5. The van der Waals surface area contributed by atoms with Crippen LogP contribution < -0.4 is 4.90 Å². The van der Waals surface area contributed by atoms with Crippen molar-refractivity contribution in [3.8, 4) is 11.5 Å². The summed E-state index contributed by atoms with van der Waals surface area (Å²) in [6, 6.07) is 15.1. The topological polar surface area (TPSA) is 82.8 Å². The van der Waals surface area contributed by atoms with Crippen molar-refractivity contribution in [2.24, 2.45) is 0 Å². The molecule has 8 nitrogen and oxygen atoms in total. The maximum Gasteiger partial charge on any atom is 0.254 e. The Morgan fingerprint density at radius 1 is 0.939 bits per heavy atom. The summed E-state index contributed by atoms with van der Waals surface area (Å²) in [5.41, 5.74) is 3.19. The van der Waals surface area contributed by atoms with Crippen LogP contribution in [0.2, 0.25) is 0 Å². The summed E-state index contributed by atoms with van der Waals surface area (Å²) in [7, 11) is 2.05. The molecule has 8 heteroatoms.